The summed E-state index contributed by atoms with van der Waals surface area (Å²) in [7, 11) is 3.54. The largest absolute Gasteiger partial charge is 0.353 e. The van der Waals surface area contributed by atoms with Crippen molar-refractivity contribution in [2.24, 2.45) is 0 Å². The Morgan fingerprint density at radius 1 is 1.26 bits per heavy atom. The topological polar surface area (TPSA) is 82.4 Å². The molecule has 1 aliphatic rings. The molecule has 0 bridgehead atoms. The monoisotopic (exact) mass is 477 g/mol. The van der Waals surface area contributed by atoms with E-state index in [1.54, 1.807) is 35.9 Å². The molecular weight excluding hydrogens is 445 g/mol. The Morgan fingerprint density at radius 3 is 2.69 bits per heavy atom. The summed E-state index contributed by atoms with van der Waals surface area (Å²) in [6, 6.07) is 3.68. The van der Waals surface area contributed by atoms with Crippen molar-refractivity contribution in [2.45, 2.75) is 45.4 Å². The van der Waals surface area contributed by atoms with E-state index < -0.39 is 0 Å². The summed E-state index contributed by atoms with van der Waals surface area (Å²) < 4.78 is 17.1. The quantitative estimate of drug-likeness (QED) is 0.468. The van der Waals surface area contributed by atoms with Crippen LogP contribution < -0.4 is 0 Å². The van der Waals surface area contributed by atoms with E-state index >= 15 is 4.39 Å². The zero-order valence-electron chi connectivity index (χ0n) is 21.0. The molecule has 8 nitrogen and oxygen atoms in total. The molecule has 0 radical (unpaired) electrons. The van der Waals surface area contributed by atoms with E-state index in [4.69, 9.17) is 4.98 Å². The molecule has 1 saturated heterocycles. The number of aryl methyl sites for hydroxylation is 1. The summed E-state index contributed by atoms with van der Waals surface area (Å²) >= 11 is 0. The van der Waals surface area contributed by atoms with Crippen LogP contribution in [0.3, 0.4) is 0 Å². The molecule has 4 aromatic heterocycles. The highest BCUT2D eigenvalue weighted by Gasteiger charge is 2.27. The zero-order valence-corrected chi connectivity index (χ0v) is 21.0. The molecule has 35 heavy (non-hydrogen) atoms. The van der Waals surface area contributed by atoms with Gasteiger partial charge >= 0.3 is 0 Å². The van der Waals surface area contributed by atoms with Gasteiger partial charge in [0.1, 0.15) is 12.1 Å². The molecule has 184 valence electrons. The number of piperidine rings is 1. The molecule has 9 heteroatoms. The number of carbonyl (C=O) groups excluding carboxylic acids is 1. The first-order valence-electron chi connectivity index (χ1n) is 12.2. The molecule has 4 aromatic rings. The molecule has 1 fully saturated rings. The minimum Gasteiger partial charge on any atom is -0.353 e. The Morgan fingerprint density at radius 2 is 2.00 bits per heavy atom. The molecule has 0 saturated carbocycles. The maximum atomic E-state index is 15.3. The highest BCUT2D eigenvalue weighted by Crippen LogP contribution is 2.37. The predicted octanol–water partition coefficient (Wildman–Crippen LogP) is 4.11. The number of hydrogen-bond donors (Lipinski definition) is 1. The van der Waals surface area contributed by atoms with E-state index in [-0.39, 0.29) is 23.6 Å². The molecule has 0 unspecified atom stereocenters. The summed E-state index contributed by atoms with van der Waals surface area (Å²) in [4.78, 5) is 28.5. The van der Waals surface area contributed by atoms with Crippen molar-refractivity contribution in [1.82, 2.24) is 34.4 Å². The Bertz CT molecular complexity index is 1400. The number of aromatic nitrogens is 5. The highest BCUT2D eigenvalue weighted by atomic mass is 19.1. The van der Waals surface area contributed by atoms with Gasteiger partial charge in [-0.25, -0.2) is 18.9 Å². The number of likely N-dealkylation sites (N-methyl/N-ethyl adjacent to an activating group) is 1. The predicted molar refractivity (Wildman–Crippen MR) is 134 cm³/mol. The third-order valence-electron chi connectivity index (χ3n) is 7.04. The van der Waals surface area contributed by atoms with Gasteiger partial charge in [-0.2, -0.15) is 5.10 Å². The lowest BCUT2D eigenvalue weighted by Crippen LogP contribution is -2.40. The fourth-order valence-corrected chi connectivity index (χ4v) is 5.13. The fourth-order valence-electron chi connectivity index (χ4n) is 5.13. The Hall–Kier alpha value is -3.33. The van der Waals surface area contributed by atoms with Gasteiger partial charge in [-0.05, 0) is 50.4 Å². The summed E-state index contributed by atoms with van der Waals surface area (Å²) in [6.45, 7) is 8.21. The standard InChI is InChI=1S/C26H32FN7O/c1-15(2)22-24(18-10-16(3)26-28-14-29-34(26)12-18)30-20-11-19(27)23(31-25(20)22)17-6-8-33(9-7-17)13-21(35)32(4)5/h10-12,14-15,17,30H,6-9,13H2,1-5H3. The number of fused-ring (bicyclic) bond motifs is 2. The molecule has 5 heterocycles. The van der Waals surface area contributed by atoms with Crippen LogP contribution >= 0.6 is 0 Å². The highest BCUT2D eigenvalue weighted by molar-refractivity contribution is 5.89. The van der Waals surface area contributed by atoms with Gasteiger partial charge in [0.05, 0.1) is 29.0 Å². The molecule has 0 aliphatic carbocycles. The van der Waals surface area contributed by atoms with E-state index in [0.717, 1.165) is 59.5 Å². The van der Waals surface area contributed by atoms with Crippen LogP contribution in [-0.2, 0) is 4.79 Å². The number of halogens is 1. The second-order valence-electron chi connectivity index (χ2n) is 10.1. The van der Waals surface area contributed by atoms with Crippen molar-refractivity contribution in [3.63, 3.8) is 0 Å². The van der Waals surface area contributed by atoms with Gasteiger partial charge in [0.25, 0.3) is 0 Å². The number of rotatable bonds is 5. The third kappa shape index (κ3) is 4.29. The van der Waals surface area contributed by atoms with E-state index in [1.807, 2.05) is 13.1 Å². The first kappa shape index (κ1) is 23.4. The normalized spacial score (nSPS) is 15.5. The Balaban J connectivity index is 1.50. The Kier molecular flexibility index (Phi) is 6.04. The summed E-state index contributed by atoms with van der Waals surface area (Å²) in [6.07, 6.45) is 5.07. The van der Waals surface area contributed by atoms with E-state index in [0.29, 0.717) is 17.8 Å². The van der Waals surface area contributed by atoms with Gasteiger partial charge in [-0.3, -0.25) is 9.69 Å². The number of H-pyrrole nitrogens is 1. The number of carbonyl (C=O) groups is 1. The van der Waals surface area contributed by atoms with Gasteiger partial charge in [-0.15, -0.1) is 0 Å². The van der Waals surface area contributed by atoms with Crippen molar-refractivity contribution in [2.75, 3.05) is 33.7 Å². The van der Waals surface area contributed by atoms with Crippen LogP contribution in [0.4, 0.5) is 4.39 Å². The van der Waals surface area contributed by atoms with Crippen LogP contribution in [-0.4, -0.2) is 74.0 Å². The van der Waals surface area contributed by atoms with Crippen LogP contribution in [0.2, 0.25) is 0 Å². The van der Waals surface area contributed by atoms with E-state index in [2.05, 4.69) is 39.9 Å². The summed E-state index contributed by atoms with van der Waals surface area (Å²) in [5, 5.41) is 4.31. The van der Waals surface area contributed by atoms with Gasteiger partial charge in [-0.1, -0.05) is 13.8 Å². The van der Waals surface area contributed by atoms with Crippen molar-refractivity contribution in [3.8, 4) is 11.3 Å². The van der Waals surface area contributed by atoms with Crippen LogP contribution in [0.25, 0.3) is 27.9 Å². The second-order valence-corrected chi connectivity index (χ2v) is 10.1. The lowest BCUT2D eigenvalue weighted by Gasteiger charge is -2.32. The van der Waals surface area contributed by atoms with Crippen molar-refractivity contribution < 1.29 is 9.18 Å². The van der Waals surface area contributed by atoms with Crippen LogP contribution in [0, 0.1) is 12.7 Å². The minimum atomic E-state index is -0.272. The average molecular weight is 478 g/mol. The van der Waals surface area contributed by atoms with Gasteiger partial charge in [0.2, 0.25) is 5.91 Å². The van der Waals surface area contributed by atoms with E-state index in [9.17, 15) is 4.79 Å². The molecule has 1 aliphatic heterocycles. The SMILES string of the molecule is Cc1cc(-c2[nH]c3cc(F)c(C4CCN(CC(=O)N(C)C)CC4)nc3c2C(C)C)cn2ncnc12. The minimum absolute atomic E-state index is 0.0391. The number of aromatic amines is 1. The number of nitrogens with zero attached hydrogens (tertiary/aromatic N) is 6. The van der Waals surface area contributed by atoms with Gasteiger partial charge in [0, 0.05) is 43.4 Å². The number of amides is 1. The lowest BCUT2D eigenvalue weighted by atomic mass is 9.92. The fraction of sp³-hybridized carbons (Fsp3) is 0.462. The molecule has 1 amide bonds. The number of nitrogens with one attached hydrogen (secondary N) is 1. The van der Waals surface area contributed by atoms with Gasteiger partial charge < -0.3 is 9.88 Å². The van der Waals surface area contributed by atoms with E-state index in [1.165, 1.54) is 0 Å². The molecule has 0 aromatic carbocycles. The molecule has 0 spiro atoms. The number of likely N-dealkylation sites (tertiary alicyclic amines) is 1. The van der Waals surface area contributed by atoms with Gasteiger partial charge in [0.15, 0.2) is 5.65 Å². The molecule has 5 rings (SSSR count). The Labute approximate surface area is 204 Å². The van der Waals surface area contributed by atoms with Crippen molar-refractivity contribution >= 4 is 22.6 Å². The third-order valence-corrected chi connectivity index (χ3v) is 7.04. The lowest BCUT2D eigenvalue weighted by molar-refractivity contribution is -0.130. The van der Waals surface area contributed by atoms with Crippen LogP contribution in [0.1, 0.15) is 55.3 Å². The first-order valence-corrected chi connectivity index (χ1v) is 12.2. The smallest absolute Gasteiger partial charge is 0.236 e. The number of hydrogen-bond acceptors (Lipinski definition) is 5. The van der Waals surface area contributed by atoms with Crippen LogP contribution in [0.15, 0.2) is 24.7 Å². The number of pyridine rings is 2. The summed E-state index contributed by atoms with van der Waals surface area (Å²) in [5.74, 6) is 0.0497. The maximum Gasteiger partial charge on any atom is 0.236 e. The maximum absolute atomic E-state index is 15.3. The molecule has 0 atom stereocenters. The summed E-state index contributed by atoms with van der Waals surface area (Å²) in [5.41, 5.74) is 6.90. The average Bonchev–Trinajstić information content (AvgIpc) is 3.43. The second kappa shape index (κ2) is 9.03. The van der Waals surface area contributed by atoms with Crippen molar-refractivity contribution in [1.29, 1.82) is 0 Å². The molecular formula is C26H32FN7O. The molecule has 1 N–H and O–H groups in total. The first-order chi connectivity index (χ1) is 16.7. The van der Waals surface area contributed by atoms with Crippen LogP contribution in [0.5, 0.6) is 0 Å². The van der Waals surface area contributed by atoms with Crippen molar-refractivity contribution in [3.05, 3.63) is 47.3 Å². The zero-order chi connectivity index (χ0) is 24.9.